The summed E-state index contributed by atoms with van der Waals surface area (Å²) in [6.45, 7) is 7.78. The van der Waals surface area contributed by atoms with Crippen LogP contribution in [-0.4, -0.2) is 0 Å². The minimum Gasteiger partial charge on any atom is -0.130 e. The third-order valence-corrected chi connectivity index (χ3v) is 1.39. The van der Waals surface area contributed by atoms with Gasteiger partial charge in [0.2, 0.25) is 0 Å². The average Bonchev–Trinajstić information content (AvgIpc) is 1.98. The van der Waals surface area contributed by atoms with Gasteiger partial charge in [0.05, 0.1) is 0 Å². The van der Waals surface area contributed by atoms with Crippen molar-refractivity contribution >= 4 is 0 Å². The summed E-state index contributed by atoms with van der Waals surface area (Å²) in [5, 5.41) is 0. The largest absolute Gasteiger partial charge is 0.130 e. The smallest absolute Gasteiger partial charge is 0.0212 e. The van der Waals surface area contributed by atoms with Crippen LogP contribution in [0, 0.1) is 0 Å². The van der Waals surface area contributed by atoms with E-state index in [1.54, 1.807) is 0 Å². The lowest BCUT2D eigenvalue weighted by molar-refractivity contribution is 0.974. The molecule has 0 fully saturated rings. The SMILES string of the molecule is C=C=C(C)CCC=CCC. The molecule has 10 heavy (non-hydrogen) atoms. The summed E-state index contributed by atoms with van der Waals surface area (Å²) in [5.41, 5.74) is 4.13. The molecular formula is C10H16. The van der Waals surface area contributed by atoms with E-state index in [4.69, 9.17) is 0 Å². The molecule has 0 aliphatic carbocycles. The molecule has 0 bridgehead atoms. The molecule has 0 saturated carbocycles. The van der Waals surface area contributed by atoms with Crippen molar-refractivity contribution in [2.75, 3.05) is 0 Å². The van der Waals surface area contributed by atoms with Crippen LogP contribution in [0.4, 0.5) is 0 Å². The van der Waals surface area contributed by atoms with Crippen LogP contribution in [0.3, 0.4) is 0 Å². The van der Waals surface area contributed by atoms with Crippen LogP contribution in [0.1, 0.15) is 33.1 Å². The van der Waals surface area contributed by atoms with Crippen LogP contribution in [0.25, 0.3) is 0 Å². The lowest BCUT2D eigenvalue weighted by Gasteiger charge is -1.90. The maximum absolute atomic E-state index is 3.57. The van der Waals surface area contributed by atoms with Crippen molar-refractivity contribution in [3.05, 3.63) is 30.0 Å². The Kier molecular flexibility index (Phi) is 5.91. The highest BCUT2D eigenvalue weighted by Gasteiger charge is 1.82. The van der Waals surface area contributed by atoms with Gasteiger partial charge in [0.25, 0.3) is 0 Å². The minimum absolute atomic E-state index is 1.10. The summed E-state index contributed by atoms with van der Waals surface area (Å²) in [6.07, 6.45) is 7.76. The predicted molar refractivity (Wildman–Crippen MR) is 47.0 cm³/mol. The fourth-order valence-electron chi connectivity index (χ4n) is 0.673. The van der Waals surface area contributed by atoms with Crippen LogP contribution in [0.5, 0.6) is 0 Å². The van der Waals surface area contributed by atoms with E-state index in [1.165, 1.54) is 5.57 Å². The van der Waals surface area contributed by atoms with Gasteiger partial charge in [-0.15, -0.1) is 5.73 Å². The van der Waals surface area contributed by atoms with E-state index in [9.17, 15) is 0 Å². The molecule has 0 saturated heterocycles. The fourth-order valence-corrected chi connectivity index (χ4v) is 0.673. The maximum Gasteiger partial charge on any atom is -0.0212 e. The summed E-state index contributed by atoms with van der Waals surface area (Å²) in [6, 6.07) is 0. The number of hydrogen-bond donors (Lipinski definition) is 0. The van der Waals surface area contributed by atoms with Crippen LogP contribution in [-0.2, 0) is 0 Å². The first kappa shape index (κ1) is 9.26. The van der Waals surface area contributed by atoms with Crippen LogP contribution in [0.2, 0.25) is 0 Å². The van der Waals surface area contributed by atoms with Gasteiger partial charge in [-0.25, -0.2) is 0 Å². The summed E-state index contributed by atoms with van der Waals surface area (Å²) in [5.74, 6) is 0. The van der Waals surface area contributed by atoms with E-state index in [2.05, 4.69) is 38.3 Å². The summed E-state index contributed by atoms with van der Waals surface area (Å²) in [7, 11) is 0. The Morgan fingerprint density at radius 3 is 2.70 bits per heavy atom. The molecule has 0 aromatic rings. The highest BCUT2D eigenvalue weighted by Crippen LogP contribution is 2.01. The zero-order chi connectivity index (χ0) is 7.82. The third-order valence-electron chi connectivity index (χ3n) is 1.39. The van der Waals surface area contributed by atoms with Gasteiger partial charge in [-0.3, -0.25) is 0 Å². The number of allylic oxidation sites excluding steroid dienone is 3. The van der Waals surface area contributed by atoms with Gasteiger partial charge >= 0.3 is 0 Å². The molecule has 0 aromatic heterocycles. The molecule has 0 amide bonds. The zero-order valence-electron chi connectivity index (χ0n) is 6.98. The summed E-state index contributed by atoms with van der Waals surface area (Å²) >= 11 is 0. The van der Waals surface area contributed by atoms with Crippen molar-refractivity contribution < 1.29 is 0 Å². The summed E-state index contributed by atoms with van der Waals surface area (Å²) in [4.78, 5) is 0. The second-order valence-corrected chi connectivity index (χ2v) is 2.38. The molecule has 0 aliphatic rings. The molecule has 0 aliphatic heterocycles. The first-order chi connectivity index (χ1) is 4.81. The molecule has 0 heterocycles. The fraction of sp³-hybridized carbons (Fsp3) is 0.500. The Bertz CT molecular complexity index is 145. The van der Waals surface area contributed by atoms with Crippen LogP contribution < -0.4 is 0 Å². The standard InChI is InChI=1S/C10H16/c1-4-6-7-8-9-10(3)5-2/h6-7H,2,4,8-9H2,1,3H3. The van der Waals surface area contributed by atoms with Gasteiger partial charge in [-0.2, -0.15) is 0 Å². The monoisotopic (exact) mass is 136 g/mol. The Morgan fingerprint density at radius 2 is 2.20 bits per heavy atom. The second-order valence-electron chi connectivity index (χ2n) is 2.38. The lowest BCUT2D eigenvalue weighted by Crippen LogP contribution is -1.71. The van der Waals surface area contributed by atoms with E-state index in [0.717, 1.165) is 19.3 Å². The quantitative estimate of drug-likeness (QED) is 0.410. The second kappa shape index (κ2) is 6.38. The minimum atomic E-state index is 1.10. The molecular weight excluding hydrogens is 120 g/mol. The Balaban J connectivity index is 3.37. The molecule has 0 radical (unpaired) electrons. The first-order valence-corrected chi connectivity index (χ1v) is 3.81. The van der Waals surface area contributed by atoms with Crippen LogP contribution >= 0.6 is 0 Å². The van der Waals surface area contributed by atoms with Gasteiger partial charge < -0.3 is 0 Å². The topological polar surface area (TPSA) is 0 Å². The maximum atomic E-state index is 3.57. The Hall–Kier alpha value is -0.740. The summed E-state index contributed by atoms with van der Waals surface area (Å²) < 4.78 is 0. The molecule has 0 unspecified atom stereocenters. The van der Waals surface area contributed by atoms with Gasteiger partial charge in [-0.05, 0) is 31.8 Å². The molecule has 0 atom stereocenters. The van der Waals surface area contributed by atoms with E-state index in [0.29, 0.717) is 0 Å². The molecule has 0 N–H and O–H groups in total. The highest BCUT2D eigenvalue weighted by atomic mass is 13.9. The van der Waals surface area contributed by atoms with Crippen molar-refractivity contribution in [3.63, 3.8) is 0 Å². The van der Waals surface area contributed by atoms with Gasteiger partial charge in [0.1, 0.15) is 0 Å². The van der Waals surface area contributed by atoms with Crippen molar-refractivity contribution in [2.45, 2.75) is 33.1 Å². The van der Waals surface area contributed by atoms with Gasteiger partial charge in [-0.1, -0.05) is 25.7 Å². The average molecular weight is 136 g/mol. The number of rotatable bonds is 4. The third kappa shape index (κ3) is 5.40. The predicted octanol–water partition coefficient (Wildman–Crippen LogP) is 3.46. The highest BCUT2D eigenvalue weighted by molar-refractivity contribution is 4.96. The van der Waals surface area contributed by atoms with Gasteiger partial charge in [0.15, 0.2) is 0 Å². The molecule has 0 nitrogen and oxygen atoms in total. The van der Waals surface area contributed by atoms with Crippen molar-refractivity contribution in [3.8, 4) is 0 Å². The van der Waals surface area contributed by atoms with Crippen molar-refractivity contribution in [2.24, 2.45) is 0 Å². The molecule has 0 spiro atoms. The van der Waals surface area contributed by atoms with Crippen LogP contribution in [0.15, 0.2) is 30.0 Å². The Morgan fingerprint density at radius 1 is 1.50 bits per heavy atom. The zero-order valence-corrected chi connectivity index (χ0v) is 6.98. The van der Waals surface area contributed by atoms with Gasteiger partial charge in [0, 0.05) is 0 Å². The lowest BCUT2D eigenvalue weighted by atomic mass is 10.2. The van der Waals surface area contributed by atoms with E-state index in [-0.39, 0.29) is 0 Å². The molecule has 0 aromatic carbocycles. The first-order valence-electron chi connectivity index (χ1n) is 3.81. The van der Waals surface area contributed by atoms with Crippen molar-refractivity contribution in [1.82, 2.24) is 0 Å². The van der Waals surface area contributed by atoms with Crippen molar-refractivity contribution in [1.29, 1.82) is 0 Å². The normalized spacial score (nSPS) is 9.80. The molecule has 0 heteroatoms. The molecule has 56 valence electrons. The Labute approximate surface area is 64.0 Å². The van der Waals surface area contributed by atoms with E-state index < -0.39 is 0 Å². The molecule has 0 rings (SSSR count). The van der Waals surface area contributed by atoms with E-state index >= 15 is 0 Å². The number of hydrogen-bond acceptors (Lipinski definition) is 0. The van der Waals surface area contributed by atoms with E-state index in [1.807, 2.05) is 0 Å².